The molecule has 0 bridgehead atoms. The van der Waals surface area contributed by atoms with Gasteiger partial charge in [-0.1, -0.05) is 38.4 Å². The van der Waals surface area contributed by atoms with Gasteiger partial charge >= 0.3 is 0 Å². The lowest BCUT2D eigenvalue weighted by atomic mass is 9.87. The van der Waals surface area contributed by atoms with Crippen LogP contribution in [0.2, 0.25) is 5.02 Å². The van der Waals surface area contributed by atoms with Gasteiger partial charge < -0.3 is 0 Å². The standard InChI is InChI=1S/C11H16ClNO2S/c1-11(2,3)9-6-5-8(7-10(9)12)13-16(4,14)15/h5-7,13H,1-4H3. The first-order valence-electron chi connectivity index (χ1n) is 4.87. The quantitative estimate of drug-likeness (QED) is 0.890. The summed E-state index contributed by atoms with van der Waals surface area (Å²) in [6.07, 6.45) is 1.11. The topological polar surface area (TPSA) is 46.2 Å². The van der Waals surface area contributed by atoms with Crippen LogP contribution in [0.5, 0.6) is 0 Å². The minimum absolute atomic E-state index is 0.0549. The minimum Gasteiger partial charge on any atom is -0.284 e. The van der Waals surface area contributed by atoms with E-state index in [-0.39, 0.29) is 5.41 Å². The molecule has 0 fully saturated rings. The van der Waals surface area contributed by atoms with Crippen molar-refractivity contribution >= 4 is 27.3 Å². The van der Waals surface area contributed by atoms with E-state index in [1.165, 1.54) is 0 Å². The van der Waals surface area contributed by atoms with E-state index in [1.54, 1.807) is 12.1 Å². The van der Waals surface area contributed by atoms with Crippen molar-refractivity contribution in [2.75, 3.05) is 11.0 Å². The Morgan fingerprint density at radius 3 is 2.19 bits per heavy atom. The maximum atomic E-state index is 11.0. The molecule has 0 aliphatic carbocycles. The second-order valence-corrected chi connectivity index (χ2v) is 6.97. The molecule has 0 aliphatic rings. The molecule has 0 aromatic heterocycles. The molecule has 1 N–H and O–H groups in total. The van der Waals surface area contributed by atoms with E-state index in [0.29, 0.717) is 10.7 Å². The van der Waals surface area contributed by atoms with E-state index < -0.39 is 10.0 Å². The molecule has 1 aromatic carbocycles. The number of sulfonamides is 1. The van der Waals surface area contributed by atoms with Gasteiger partial charge in [0.15, 0.2) is 0 Å². The number of nitrogens with one attached hydrogen (secondary N) is 1. The van der Waals surface area contributed by atoms with E-state index >= 15 is 0 Å². The molecule has 0 saturated heterocycles. The first kappa shape index (κ1) is 13.3. The lowest BCUT2D eigenvalue weighted by Crippen LogP contribution is -2.13. The van der Waals surface area contributed by atoms with Crippen LogP contribution in [-0.4, -0.2) is 14.7 Å². The van der Waals surface area contributed by atoms with Gasteiger partial charge in [0.25, 0.3) is 0 Å². The molecule has 1 aromatic rings. The number of halogens is 1. The fraction of sp³-hybridized carbons (Fsp3) is 0.455. The molecule has 0 radical (unpaired) electrons. The highest BCUT2D eigenvalue weighted by molar-refractivity contribution is 7.92. The number of hydrogen-bond donors (Lipinski definition) is 1. The summed E-state index contributed by atoms with van der Waals surface area (Å²) in [5.74, 6) is 0. The van der Waals surface area contributed by atoms with E-state index in [9.17, 15) is 8.42 Å². The summed E-state index contributed by atoms with van der Waals surface area (Å²) in [5, 5.41) is 0.571. The van der Waals surface area contributed by atoms with Gasteiger partial charge in [0.2, 0.25) is 10.0 Å². The van der Waals surface area contributed by atoms with Gasteiger partial charge in [-0.15, -0.1) is 0 Å². The van der Waals surface area contributed by atoms with Gasteiger partial charge in [0.1, 0.15) is 0 Å². The Hall–Kier alpha value is -0.740. The van der Waals surface area contributed by atoms with Crippen molar-refractivity contribution < 1.29 is 8.42 Å². The van der Waals surface area contributed by atoms with Crippen LogP contribution >= 0.6 is 11.6 Å². The van der Waals surface area contributed by atoms with Crippen molar-refractivity contribution in [3.05, 3.63) is 28.8 Å². The molecular weight excluding hydrogens is 246 g/mol. The third-order valence-corrected chi connectivity index (χ3v) is 3.00. The fourth-order valence-corrected chi connectivity index (χ4v) is 2.42. The highest BCUT2D eigenvalue weighted by Gasteiger charge is 2.17. The first-order valence-corrected chi connectivity index (χ1v) is 7.14. The van der Waals surface area contributed by atoms with Crippen LogP contribution in [0, 0.1) is 0 Å². The predicted molar refractivity (Wildman–Crippen MR) is 68.6 cm³/mol. The summed E-state index contributed by atoms with van der Waals surface area (Å²) in [4.78, 5) is 0. The molecule has 0 unspecified atom stereocenters. The van der Waals surface area contributed by atoms with Gasteiger partial charge in [-0.05, 0) is 23.1 Å². The highest BCUT2D eigenvalue weighted by Crippen LogP contribution is 2.31. The molecule has 1 rings (SSSR count). The van der Waals surface area contributed by atoms with Crippen molar-refractivity contribution in [1.82, 2.24) is 0 Å². The van der Waals surface area contributed by atoms with E-state index in [4.69, 9.17) is 11.6 Å². The zero-order valence-electron chi connectivity index (χ0n) is 9.83. The summed E-state index contributed by atoms with van der Waals surface area (Å²) in [5.41, 5.74) is 1.43. The molecule has 0 atom stereocenters. The Labute approximate surface area is 102 Å². The highest BCUT2D eigenvalue weighted by atomic mass is 35.5. The van der Waals surface area contributed by atoms with Crippen LogP contribution in [0.1, 0.15) is 26.3 Å². The van der Waals surface area contributed by atoms with Crippen LogP contribution in [0.15, 0.2) is 18.2 Å². The maximum Gasteiger partial charge on any atom is 0.229 e. The summed E-state index contributed by atoms with van der Waals surface area (Å²) in [6.45, 7) is 6.16. The molecule has 0 aliphatic heterocycles. The van der Waals surface area contributed by atoms with Crippen molar-refractivity contribution in [3.63, 3.8) is 0 Å². The van der Waals surface area contributed by atoms with Crippen LogP contribution in [0.3, 0.4) is 0 Å². The lowest BCUT2D eigenvalue weighted by Gasteiger charge is -2.21. The number of benzene rings is 1. The van der Waals surface area contributed by atoms with Gasteiger partial charge in [-0.3, -0.25) is 4.72 Å². The van der Waals surface area contributed by atoms with Crippen LogP contribution in [0.25, 0.3) is 0 Å². The number of anilines is 1. The SMILES string of the molecule is CC(C)(C)c1ccc(NS(C)(=O)=O)cc1Cl. The number of rotatable bonds is 2. The summed E-state index contributed by atoms with van der Waals surface area (Å²) >= 11 is 6.11. The Bertz CT molecular complexity index is 489. The lowest BCUT2D eigenvalue weighted by molar-refractivity contribution is 0.590. The Morgan fingerprint density at radius 2 is 1.81 bits per heavy atom. The van der Waals surface area contributed by atoms with Crippen LogP contribution in [0.4, 0.5) is 5.69 Å². The molecule has 0 saturated carbocycles. The zero-order chi connectivity index (χ0) is 12.6. The normalized spacial score (nSPS) is 12.6. The summed E-state index contributed by atoms with van der Waals surface area (Å²) in [7, 11) is -3.25. The monoisotopic (exact) mass is 261 g/mol. The fourth-order valence-electron chi connectivity index (χ4n) is 1.40. The maximum absolute atomic E-state index is 11.0. The van der Waals surface area contributed by atoms with E-state index in [1.807, 2.05) is 6.07 Å². The van der Waals surface area contributed by atoms with Crippen LogP contribution in [-0.2, 0) is 15.4 Å². The average molecular weight is 262 g/mol. The molecular formula is C11H16ClNO2S. The number of hydrogen-bond acceptors (Lipinski definition) is 2. The zero-order valence-corrected chi connectivity index (χ0v) is 11.4. The third-order valence-electron chi connectivity index (χ3n) is 2.08. The summed E-state index contributed by atoms with van der Waals surface area (Å²) in [6, 6.07) is 5.19. The van der Waals surface area contributed by atoms with Gasteiger partial charge in [0.05, 0.1) is 6.26 Å². The largest absolute Gasteiger partial charge is 0.284 e. The Kier molecular flexibility index (Phi) is 3.55. The van der Waals surface area contributed by atoms with E-state index in [0.717, 1.165) is 11.8 Å². The molecule has 16 heavy (non-hydrogen) atoms. The molecule has 90 valence electrons. The average Bonchev–Trinajstić information content (AvgIpc) is 1.97. The van der Waals surface area contributed by atoms with Gasteiger partial charge in [-0.25, -0.2) is 8.42 Å². The molecule has 0 amide bonds. The Morgan fingerprint density at radius 1 is 1.25 bits per heavy atom. The second-order valence-electron chi connectivity index (χ2n) is 4.82. The molecule has 0 heterocycles. The molecule has 5 heteroatoms. The van der Waals surface area contributed by atoms with Crippen molar-refractivity contribution in [2.24, 2.45) is 0 Å². The van der Waals surface area contributed by atoms with Gasteiger partial charge in [0, 0.05) is 10.7 Å². The third kappa shape index (κ3) is 3.68. The summed E-state index contributed by atoms with van der Waals surface area (Å²) < 4.78 is 24.5. The van der Waals surface area contributed by atoms with Crippen LogP contribution < -0.4 is 4.72 Å². The second kappa shape index (κ2) is 4.26. The van der Waals surface area contributed by atoms with Crippen molar-refractivity contribution in [1.29, 1.82) is 0 Å². The van der Waals surface area contributed by atoms with Gasteiger partial charge in [-0.2, -0.15) is 0 Å². The predicted octanol–water partition coefficient (Wildman–Crippen LogP) is 3.01. The Balaban J connectivity index is 3.10. The van der Waals surface area contributed by atoms with E-state index in [2.05, 4.69) is 25.5 Å². The first-order chi connectivity index (χ1) is 7.09. The van der Waals surface area contributed by atoms with Crippen molar-refractivity contribution in [2.45, 2.75) is 26.2 Å². The smallest absolute Gasteiger partial charge is 0.229 e. The minimum atomic E-state index is -3.25. The van der Waals surface area contributed by atoms with Crippen molar-refractivity contribution in [3.8, 4) is 0 Å². The molecule has 3 nitrogen and oxygen atoms in total. The molecule has 0 spiro atoms.